The highest BCUT2D eigenvalue weighted by atomic mass is 16.4. The van der Waals surface area contributed by atoms with Crippen LogP contribution in [0.1, 0.15) is 45.4 Å². The largest absolute Gasteiger partial charge is 0.481 e. The lowest BCUT2D eigenvalue weighted by molar-refractivity contribution is -0.137. The van der Waals surface area contributed by atoms with Crippen molar-refractivity contribution in [1.29, 1.82) is 0 Å². The fraction of sp³-hybridized carbons (Fsp3) is 0.846. The molecule has 0 bridgehead atoms. The molecule has 0 aromatic carbocycles. The number of urea groups is 1. The highest BCUT2D eigenvalue weighted by Gasteiger charge is 2.14. The molecule has 5 heteroatoms. The summed E-state index contributed by atoms with van der Waals surface area (Å²) in [5.74, 6) is -0.0924. The molecular weight excluding hydrogens is 232 g/mol. The standard InChI is InChI=1S/C13H24N2O3/c1-10(8-12(16)17)9-15-13(18)14-7-6-11-4-2-3-5-11/h10-11H,2-9H2,1H3,(H,16,17)(H2,14,15,18). The molecule has 1 aliphatic rings. The molecule has 0 saturated heterocycles. The van der Waals surface area contributed by atoms with Crippen LogP contribution in [0.2, 0.25) is 0 Å². The number of amides is 2. The SMILES string of the molecule is CC(CNC(=O)NCCC1CCCC1)CC(=O)O. The van der Waals surface area contributed by atoms with E-state index in [1.165, 1.54) is 25.7 Å². The Balaban J connectivity index is 2.01. The summed E-state index contributed by atoms with van der Waals surface area (Å²) in [7, 11) is 0. The number of hydrogen-bond donors (Lipinski definition) is 3. The maximum Gasteiger partial charge on any atom is 0.314 e. The number of carboxylic acid groups (broad SMARTS) is 1. The summed E-state index contributed by atoms with van der Waals surface area (Å²) in [6.07, 6.45) is 6.37. The number of rotatable bonds is 7. The van der Waals surface area contributed by atoms with Gasteiger partial charge in [0.25, 0.3) is 0 Å². The van der Waals surface area contributed by atoms with Crippen molar-refractivity contribution in [3.8, 4) is 0 Å². The molecule has 2 amide bonds. The molecule has 0 spiro atoms. The lowest BCUT2D eigenvalue weighted by Gasteiger charge is -2.13. The van der Waals surface area contributed by atoms with E-state index in [1.54, 1.807) is 0 Å². The number of nitrogens with one attached hydrogen (secondary N) is 2. The normalized spacial score (nSPS) is 17.4. The number of hydrogen-bond acceptors (Lipinski definition) is 2. The van der Waals surface area contributed by atoms with E-state index in [0.717, 1.165) is 12.3 Å². The van der Waals surface area contributed by atoms with Gasteiger partial charge >= 0.3 is 12.0 Å². The summed E-state index contributed by atoms with van der Waals surface area (Å²) < 4.78 is 0. The van der Waals surface area contributed by atoms with Gasteiger partial charge in [0.05, 0.1) is 0 Å². The Kier molecular flexibility index (Phi) is 6.54. The Morgan fingerprint density at radius 1 is 1.28 bits per heavy atom. The lowest BCUT2D eigenvalue weighted by atomic mass is 10.0. The van der Waals surface area contributed by atoms with Crippen molar-refractivity contribution in [3.63, 3.8) is 0 Å². The highest BCUT2D eigenvalue weighted by Crippen LogP contribution is 2.26. The van der Waals surface area contributed by atoms with E-state index in [2.05, 4.69) is 10.6 Å². The average molecular weight is 256 g/mol. The van der Waals surface area contributed by atoms with Gasteiger partial charge in [0, 0.05) is 19.5 Å². The van der Waals surface area contributed by atoms with Crippen LogP contribution >= 0.6 is 0 Å². The summed E-state index contributed by atoms with van der Waals surface area (Å²) in [6.45, 7) is 2.93. The van der Waals surface area contributed by atoms with Crippen LogP contribution in [0.15, 0.2) is 0 Å². The number of carbonyl (C=O) groups is 2. The zero-order chi connectivity index (χ0) is 13.4. The second kappa shape index (κ2) is 7.95. The predicted octanol–water partition coefficient (Wildman–Crippen LogP) is 1.98. The molecule has 0 aromatic heterocycles. The van der Waals surface area contributed by atoms with E-state index in [1.807, 2.05) is 6.92 Å². The fourth-order valence-electron chi connectivity index (χ4n) is 2.39. The summed E-state index contributed by atoms with van der Waals surface area (Å²) >= 11 is 0. The van der Waals surface area contributed by atoms with Gasteiger partial charge in [-0.15, -0.1) is 0 Å². The van der Waals surface area contributed by atoms with E-state index in [9.17, 15) is 9.59 Å². The Labute approximate surface area is 108 Å². The van der Waals surface area contributed by atoms with Crippen molar-refractivity contribution >= 4 is 12.0 Å². The molecule has 0 aliphatic heterocycles. The zero-order valence-electron chi connectivity index (χ0n) is 11.1. The van der Waals surface area contributed by atoms with Crippen molar-refractivity contribution in [2.75, 3.05) is 13.1 Å². The molecular formula is C13H24N2O3. The van der Waals surface area contributed by atoms with Gasteiger partial charge in [0.15, 0.2) is 0 Å². The van der Waals surface area contributed by atoms with Crippen LogP contribution in [0.5, 0.6) is 0 Å². The van der Waals surface area contributed by atoms with Gasteiger partial charge in [-0.25, -0.2) is 4.79 Å². The van der Waals surface area contributed by atoms with Crippen molar-refractivity contribution in [2.24, 2.45) is 11.8 Å². The van der Waals surface area contributed by atoms with Gasteiger partial charge < -0.3 is 15.7 Å². The third-order valence-electron chi connectivity index (χ3n) is 3.45. The first-order valence-electron chi connectivity index (χ1n) is 6.81. The lowest BCUT2D eigenvalue weighted by Crippen LogP contribution is -2.38. The van der Waals surface area contributed by atoms with Crippen molar-refractivity contribution < 1.29 is 14.7 Å². The van der Waals surface area contributed by atoms with E-state index >= 15 is 0 Å². The van der Waals surface area contributed by atoms with Gasteiger partial charge in [-0.05, 0) is 18.3 Å². The number of carboxylic acids is 1. The molecule has 5 nitrogen and oxygen atoms in total. The van der Waals surface area contributed by atoms with E-state index in [4.69, 9.17) is 5.11 Å². The zero-order valence-corrected chi connectivity index (χ0v) is 11.1. The van der Waals surface area contributed by atoms with Crippen LogP contribution < -0.4 is 10.6 Å². The molecule has 1 aliphatic carbocycles. The smallest absolute Gasteiger partial charge is 0.314 e. The van der Waals surface area contributed by atoms with Gasteiger partial charge in [-0.2, -0.15) is 0 Å². The minimum atomic E-state index is -0.828. The summed E-state index contributed by atoms with van der Waals surface area (Å²) in [4.78, 5) is 21.9. The van der Waals surface area contributed by atoms with E-state index < -0.39 is 5.97 Å². The molecule has 0 heterocycles. The Morgan fingerprint density at radius 3 is 2.56 bits per heavy atom. The first kappa shape index (κ1) is 14.8. The average Bonchev–Trinajstić information content (AvgIpc) is 2.78. The topological polar surface area (TPSA) is 78.4 Å². The third-order valence-corrected chi connectivity index (χ3v) is 3.45. The van der Waals surface area contributed by atoms with Crippen molar-refractivity contribution in [1.82, 2.24) is 10.6 Å². The van der Waals surface area contributed by atoms with Crippen LogP contribution in [0.25, 0.3) is 0 Å². The monoisotopic (exact) mass is 256 g/mol. The molecule has 3 N–H and O–H groups in total. The van der Waals surface area contributed by atoms with Gasteiger partial charge in [-0.3, -0.25) is 4.79 Å². The predicted molar refractivity (Wildman–Crippen MR) is 69.4 cm³/mol. The molecule has 1 atom stereocenters. The van der Waals surface area contributed by atoms with Crippen LogP contribution in [0.4, 0.5) is 4.79 Å². The molecule has 1 fully saturated rings. The molecule has 18 heavy (non-hydrogen) atoms. The van der Waals surface area contributed by atoms with Gasteiger partial charge in [0.1, 0.15) is 0 Å². The van der Waals surface area contributed by atoms with Crippen LogP contribution in [0, 0.1) is 11.8 Å². The Hall–Kier alpha value is -1.26. The maximum atomic E-state index is 11.4. The summed E-state index contributed by atoms with van der Waals surface area (Å²) in [5, 5.41) is 14.1. The summed E-state index contributed by atoms with van der Waals surface area (Å²) in [6, 6.07) is -0.190. The summed E-state index contributed by atoms with van der Waals surface area (Å²) in [5.41, 5.74) is 0. The van der Waals surface area contributed by atoms with Crippen molar-refractivity contribution in [2.45, 2.75) is 45.4 Å². The van der Waals surface area contributed by atoms with Crippen LogP contribution in [0.3, 0.4) is 0 Å². The molecule has 104 valence electrons. The van der Waals surface area contributed by atoms with Gasteiger partial charge in [-0.1, -0.05) is 32.6 Å². The second-order valence-corrected chi connectivity index (χ2v) is 5.28. The molecule has 0 radical (unpaired) electrons. The minimum absolute atomic E-state index is 0.0388. The van der Waals surface area contributed by atoms with Crippen molar-refractivity contribution in [3.05, 3.63) is 0 Å². The Bertz CT molecular complexity index is 275. The van der Waals surface area contributed by atoms with Crippen LogP contribution in [-0.2, 0) is 4.79 Å². The van der Waals surface area contributed by atoms with E-state index in [0.29, 0.717) is 13.1 Å². The molecule has 1 unspecified atom stereocenters. The third kappa shape index (κ3) is 6.47. The second-order valence-electron chi connectivity index (χ2n) is 5.28. The fourth-order valence-corrected chi connectivity index (χ4v) is 2.39. The molecule has 1 saturated carbocycles. The maximum absolute atomic E-state index is 11.4. The molecule has 0 aromatic rings. The first-order valence-corrected chi connectivity index (χ1v) is 6.81. The Morgan fingerprint density at radius 2 is 1.94 bits per heavy atom. The number of carbonyl (C=O) groups excluding carboxylic acids is 1. The van der Waals surface area contributed by atoms with Crippen LogP contribution in [-0.4, -0.2) is 30.2 Å². The highest BCUT2D eigenvalue weighted by molar-refractivity contribution is 5.73. The quantitative estimate of drug-likeness (QED) is 0.651. The van der Waals surface area contributed by atoms with Gasteiger partial charge in [0.2, 0.25) is 0 Å². The molecule has 1 rings (SSSR count). The minimum Gasteiger partial charge on any atom is -0.481 e. The number of aliphatic carboxylic acids is 1. The van der Waals surface area contributed by atoms with E-state index in [-0.39, 0.29) is 18.4 Å². The first-order chi connectivity index (χ1) is 8.58.